The summed E-state index contributed by atoms with van der Waals surface area (Å²) in [5.41, 5.74) is 1.40. The molecule has 130 valence electrons. The van der Waals surface area contributed by atoms with Crippen LogP contribution in [0.5, 0.6) is 0 Å². The van der Waals surface area contributed by atoms with Gasteiger partial charge in [0.25, 0.3) is 0 Å². The summed E-state index contributed by atoms with van der Waals surface area (Å²) < 4.78 is 12.9. The smallest absolute Gasteiger partial charge is 0.192 e. The fraction of sp³-hybridized carbons (Fsp3) is 0.889. The Balaban J connectivity index is 2.67. The Bertz CT molecular complexity index is 395. The van der Waals surface area contributed by atoms with Gasteiger partial charge in [-0.05, 0) is 42.7 Å². The van der Waals surface area contributed by atoms with Crippen molar-refractivity contribution < 1.29 is 8.85 Å². The van der Waals surface area contributed by atoms with E-state index in [4.69, 9.17) is 8.85 Å². The average Bonchev–Trinajstić information content (AvgIpc) is 2.93. The summed E-state index contributed by atoms with van der Waals surface area (Å²) in [6, 6.07) is 0. The predicted octanol–water partition coefficient (Wildman–Crippen LogP) is 5.98. The van der Waals surface area contributed by atoms with Crippen LogP contribution in [0.2, 0.25) is 36.3 Å². The molecule has 0 atom stereocenters. The van der Waals surface area contributed by atoms with Crippen LogP contribution >= 0.6 is 0 Å². The van der Waals surface area contributed by atoms with E-state index >= 15 is 0 Å². The molecule has 22 heavy (non-hydrogen) atoms. The van der Waals surface area contributed by atoms with E-state index in [1.807, 2.05) is 0 Å². The quantitative estimate of drug-likeness (QED) is 0.437. The molecule has 1 aliphatic carbocycles. The molecule has 0 bridgehead atoms. The van der Waals surface area contributed by atoms with Crippen LogP contribution < -0.4 is 0 Å². The lowest BCUT2D eigenvalue weighted by atomic mass is 10.1. The molecule has 1 aliphatic rings. The fourth-order valence-corrected chi connectivity index (χ4v) is 3.92. The van der Waals surface area contributed by atoms with E-state index in [2.05, 4.69) is 74.3 Å². The van der Waals surface area contributed by atoms with E-state index in [1.54, 1.807) is 0 Å². The first-order valence-electron chi connectivity index (χ1n) is 8.50. The van der Waals surface area contributed by atoms with E-state index < -0.39 is 16.6 Å². The molecule has 0 aromatic carbocycles. The van der Waals surface area contributed by atoms with Crippen LogP contribution in [0.1, 0.15) is 48.0 Å². The van der Waals surface area contributed by atoms with E-state index in [0.29, 0.717) is 0 Å². The van der Waals surface area contributed by atoms with E-state index in [1.165, 1.54) is 5.57 Å². The minimum atomic E-state index is -1.70. The van der Waals surface area contributed by atoms with Crippen molar-refractivity contribution in [1.82, 2.24) is 0 Å². The second-order valence-electron chi connectivity index (χ2n) is 10.2. The Hall–Kier alpha value is 0.0938. The van der Waals surface area contributed by atoms with Gasteiger partial charge in [0.2, 0.25) is 0 Å². The van der Waals surface area contributed by atoms with Crippen molar-refractivity contribution in [2.75, 3.05) is 13.2 Å². The summed E-state index contributed by atoms with van der Waals surface area (Å²) in [5, 5.41) is 0.509. The molecule has 1 saturated carbocycles. The highest BCUT2D eigenvalue weighted by molar-refractivity contribution is 6.74. The highest BCUT2D eigenvalue weighted by atomic mass is 28.4. The zero-order valence-electron chi connectivity index (χ0n) is 16.6. The van der Waals surface area contributed by atoms with Gasteiger partial charge in [0.05, 0.1) is 0 Å². The monoisotopic (exact) mass is 342 g/mol. The Kier molecular flexibility index (Phi) is 5.37. The molecule has 0 unspecified atom stereocenters. The highest BCUT2D eigenvalue weighted by Crippen LogP contribution is 2.53. The van der Waals surface area contributed by atoms with Gasteiger partial charge in [0.1, 0.15) is 0 Å². The first-order chi connectivity index (χ1) is 9.54. The molecule has 1 fully saturated rings. The molecule has 0 aromatic rings. The second kappa shape index (κ2) is 5.87. The summed E-state index contributed by atoms with van der Waals surface area (Å²) in [5.74, 6) is 0. The third kappa shape index (κ3) is 4.34. The molecule has 0 aliphatic heterocycles. The maximum Gasteiger partial charge on any atom is 0.192 e. The van der Waals surface area contributed by atoms with Crippen LogP contribution in [0.25, 0.3) is 0 Å². The molecule has 0 amide bonds. The van der Waals surface area contributed by atoms with Crippen molar-refractivity contribution in [1.29, 1.82) is 0 Å². The van der Waals surface area contributed by atoms with Gasteiger partial charge < -0.3 is 8.85 Å². The third-order valence-electron chi connectivity index (χ3n) is 6.21. The zero-order valence-corrected chi connectivity index (χ0v) is 18.6. The lowest BCUT2D eigenvalue weighted by Gasteiger charge is -2.39. The number of hydrogen-bond donors (Lipinski definition) is 0. The van der Waals surface area contributed by atoms with Crippen molar-refractivity contribution >= 4 is 16.6 Å². The summed E-state index contributed by atoms with van der Waals surface area (Å²) in [6.45, 7) is 28.8. The van der Waals surface area contributed by atoms with Crippen LogP contribution in [0.3, 0.4) is 0 Å². The molecule has 1 rings (SSSR count). The first kappa shape index (κ1) is 20.1. The number of rotatable bonds is 6. The van der Waals surface area contributed by atoms with Gasteiger partial charge in [-0.1, -0.05) is 53.7 Å². The molecule has 0 N–H and O–H groups in total. The van der Waals surface area contributed by atoms with Gasteiger partial charge in [-0.25, -0.2) is 0 Å². The van der Waals surface area contributed by atoms with Gasteiger partial charge in [-0.15, -0.1) is 0 Å². The van der Waals surface area contributed by atoms with Gasteiger partial charge in [0.15, 0.2) is 16.6 Å². The zero-order chi connectivity index (χ0) is 17.6. The minimum Gasteiger partial charge on any atom is -0.416 e. The largest absolute Gasteiger partial charge is 0.416 e. The maximum atomic E-state index is 6.46. The molecule has 4 heteroatoms. The van der Waals surface area contributed by atoms with Gasteiger partial charge >= 0.3 is 0 Å². The minimum absolute atomic E-state index is 0.0883. The first-order valence-corrected chi connectivity index (χ1v) is 14.3. The van der Waals surface area contributed by atoms with Crippen LogP contribution in [-0.2, 0) is 8.85 Å². The standard InChI is InChI=1S/C18H38O2Si2/c1-15-12-18(15,13-19-21(8,9)16(2,3)4)14-20-22(10,11)17(5,6)7/h1,12-14H2,2-11H3. The third-order valence-corrected chi connectivity index (χ3v) is 15.2. The Morgan fingerprint density at radius 3 is 1.32 bits per heavy atom. The molecule has 2 nitrogen and oxygen atoms in total. The van der Waals surface area contributed by atoms with Crippen molar-refractivity contribution in [3.05, 3.63) is 12.2 Å². The summed E-state index contributed by atoms with van der Waals surface area (Å²) >= 11 is 0. The summed E-state index contributed by atoms with van der Waals surface area (Å²) in [4.78, 5) is 0. The van der Waals surface area contributed by atoms with Crippen molar-refractivity contribution in [3.8, 4) is 0 Å². The molecule has 0 radical (unpaired) electrons. The van der Waals surface area contributed by atoms with Gasteiger partial charge in [0, 0.05) is 18.6 Å². The Labute approximate surface area is 140 Å². The van der Waals surface area contributed by atoms with Crippen LogP contribution in [0.15, 0.2) is 12.2 Å². The number of hydrogen-bond acceptors (Lipinski definition) is 2. The lowest BCUT2D eigenvalue weighted by Crippen LogP contribution is -2.45. The van der Waals surface area contributed by atoms with E-state index in [0.717, 1.165) is 19.6 Å². The highest BCUT2D eigenvalue weighted by Gasteiger charge is 2.51. The Morgan fingerprint density at radius 2 is 1.14 bits per heavy atom. The SMILES string of the molecule is C=C1CC1(CO[Si](C)(C)C(C)(C)C)CO[Si](C)(C)C(C)(C)C. The summed E-state index contributed by atoms with van der Waals surface area (Å²) in [7, 11) is -3.40. The van der Waals surface area contributed by atoms with Crippen LogP contribution in [0.4, 0.5) is 0 Å². The molecule has 0 aromatic heterocycles. The average molecular weight is 343 g/mol. The van der Waals surface area contributed by atoms with Crippen molar-refractivity contribution in [3.63, 3.8) is 0 Å². The van der Waals surface area contributed by atoms with Gasteiger partial charge in [-0.3, -0.25) is 0 Å². The molecular weight excluding hydrogens is 304 g/mol. The maximum absolute atomic E-state index is 6.46. The van der Waals surface area contributed by atoms with E-state index in [-0.39, 0.29) is 15.5 Å². The fourth-order valence-electron chi connectivity index (χ4n) is 1.78. The van der Waals surface area contributed by atoms with Gasteiger partial charge in [-0.2, -0.15) is 0 Å². The van der Waals surface area contributed by atoms with E-state index in [9.17, 15) is 0 Å². The van der Waals surface area contributed by atoms with Crippen molar-refractivity contribution in [2.24, 2.45) is 5.41 Å². The molecule has 0 heterocycles. The molecule has 0 saturated heterocycles. The van der Waals surface area contributed by atoms with Crippen LogP contribution in [0, 0.1) is 5.41 Å². The summed E-state index contributed by atoms with van der Waals surface area (Å²) in [6.07, 6.45) is 1.07. The topological polar surface area (TPSA) is 18.5 Å². The normalized spacial score (nSPS) is 19.5. The molecular formula is C18H38O2Si2. The van der Waals surface area contributed by atoms with Crippen molar-refractivity contribution in [2.45, 2.75) is 84.2 Å². The van der Waals surface area contributed by atoms with Crippen LogP contribution in [-0.4, -0.2) is 29.8 Å². The predicted molar refractivity (Wildman–Crippen MR) is 102 cm³/mol. The lowest BCUT2D eigenvalue weighted by molar-refractivity contribution is 0.150. The molecule has 0 spiro atoms. The Morgan fingerprint density at radius 1 is 0.864 bits per heavy atom. The second-order valence-corrected chi connectivity index (χ2v) is 19.8.